The predicted octanol–water partition coefficient (Wildman–Crippen LogP) is 4.97. The Hall–Kier alpha value is -3.16. The number of nitrogens with two attached hydrogens (primary N) is 1. The van der Waals surface area contributed by atoms with Gasteiger partial charge >= 0.3 is 0 Å². The maximum Gasteiger partial charge on any atom is 0.223 e. The Labute approximate surface area is 190 Å². The van der Waals surface area contributed by atoms with Gasteiger partial charge in [-0.1, -0.05) is 29.3 Å². The highest BCUT2D eigenvalue weighted by Crippen LogP contribution is 2.33. The normalized spacial score (nSPS) is 10.9. The Kier molecular flexibility index (Phi) is 6.34. The molecule has 158 valence electrons. The van der Waals surface area contributed by atoms with Crippen molar-refractivity contribution in [3.63, 3.8) is 0 Å². The maximum atomic E-state index is 6.46. The molecule has 7 nitrogen and oxygen atoms in total. The van der Waals surface area contributed by atoms with Gasteiger partial charge in [-0.05, 0) is 49.6 Å². The smallest absolute Gasteiger partial charge is 0.223 e. The summed E-state index contributed by atoms with van der Waals surface area (Å²) in [7, 11) is 0. The van der Waals surface area contributed by atoms with E-state index in [-0.39, 0.29) is 0 Å². The topological polar surface area (TPSA) is 94.5 Å². The van der Waals surface area contributed by atoms with Crippen LogP contribution in [0.1, 0.15) is 17.7 Å². The van der Waals surface area contributed by atoms with E-state index in [0.29, 0.717) is 34.1 Å². The third-order valence-corrected chi connectivity index (χ3v) is 5.37. The van der Waals surface area contributed by atoms with Crippen molar-refractivity contribution in [2.75, 3.05) is 17.6 Å². The molecule has 0 bridgehead atoms. The van der Waals surface area contributed by atoms with E-state index in [4.69, 9.17) is 33.9 Å². The average molecular weight is 454 g/mol. The van der Waals surface area contributed by atoms with Crippen LogP contribution in [0.15, 0.2) is 55.2 Å². The van der Waals surface area contributed by atoms with Crippen LogP contribution in [0.3, 0.4) is 0 Å². The van der Waals surface area contributed by atoms with Crippen molar-refractivity contribution in [2.45, 2.75) is 19.8 Å². The molecule has 1 aromatic carbocycles. The maximum absolute atomic E-state index is 6.46. The van der Waals surface area contributed by atoms with Crippen molar-refractivity contribution >= 4 is 35.0 Å². The number of aryl methyl sites for hydroxylation is 2. The number of halogens is 2. The third-order valence-electron chi connectivity index (χ3n) is 4.82. The lowest BCUT2D eigenvalue weighted by molar-refractivity contribution is 0.828. The molecule has 4 aromatic rings. The molecule has 3 N–H and O–H groups in total. The molecule has 0 aliphatic heterocycles. The number of nitrogens with zero attached hydrogens (tertiary/aromatic N) is 5. The Morgan fingerprint density at radius 2 is 2.00 bits per heavy atom. The molecule has 9 heteroatoms. The molecule has 3 aromatic heterocycles. The number of anilines is 2. The number of nitrogen functional groups attached to an aromatic ring is 1. The predicted molar refractivity (Wildman–Crippen MR) is 125 cm³/mol. The summed E-state index contributed by atoms with van der Waals surface area (Å²) in [5.74, 6) is 1.09. The fraction of sp³-hybridized carbons (Fsp3) is 0.182. The van der Waals surface area contributed by atoms with E-state index < -0.39 is 0 Å². The van der Waals surface area contributed by atoms with Crippen molar-refractivity contribution in [1.82, 2.24) is 24.5 Å². The van der Waals surface area contributed by atoms with Gasteiger partial charge in [0, 0.05) is 35.2 Å². The first kappa shape index (κ1) is 21.1. The van der Waals surface area contributed by atoms with E-state index in [1.165, 1.54) is 0 Å². The van der Waals surface area contributed by atoms with Gasteiger partial charge in [0.05, 0.1) is 23.2 Å². The highest BCUT2D eigenvalue weighted by Gasteiger charge is 2.14. The van der Waals surface area contributed by atoms with Gasteiger partial charge in [-0.25, -0.2) is 19.9 Å². The minimum Gasteiger partial charge on any atom is -0.383 e. The summed E-state index contributed by atoms with van der Waals surface area (Å²) in [6.45, 7) is 2.64. The van der Waals surface area contributed by atoms with Crippen LogP contribution in [0.5, 0.6) is 0 Å². The fourth-order valence-corrected chi connectivity index (χ4v) is 3.62. The number of benzene rings is 1. The molecule has 0 aliphatic rings. The lowest BCUT2D eigenvalue weighted by atomic mass is 10.1. The summed E-state index contributed by atoms with van der Waals surface area (Å²) in [6, 6.07) is 9.33. The number of imidazole rings is 1. The van der Waals surface area contributed by atoms with Crippen LogP contribution >= 0.6 is 23.2 Å². The van der Waals surface area contributed by atoms with Gasteiger partial charge in [0.2, 0.25) is 5.95 Å². The standard InChI is InChI=1S/C22H21Cl2N7/c1-14-4-6-16(29-21(14)25)3-2-8-27-22-28-12-19(31-10-9-26-13-31)20(30-22)17-7-5-15(23)11-18(17)24/h4-7,9-13H,2-3,8H2,1H3,(H2,25,29)(H,27,28,30). The summed E-state index contributed by atoms with van der Waals surface area (Å²) in [4.78, 5) is 17.7. The Bertz CT molecular complexity index is 1190. The summed E-state index contributed by atoms with van der Waals surface area (Å²) in [6.07, 6.45) is 8.64. The minimum atomic E-state index is 0.515. The SMILES string of the molecule is Cc1ccc(CCCNc2ncc(-n3ccnc3)c(-c3ccc(Cl)cc3Cl)n2)nc1N. The first-order chi connectivity index (χ1) is 15.0. The van der Waals surface area contributed by atoms with Crippen molar-refractivity contribution in [3.8, 4) is 16.9 Å². The molecule has 3 heterocycles. The molecule has 31 heavy (non-hydrogen) atoms. The molecule has 0 unspecified atom stereocenters. The van der Waals surface area contributed by atoms with Crippen molar-refractivity contribution < 1.29 is 0 Å². The minimum absolute atomic E-state index is 0.515. The van der Waals surface area contributed by atoms with E-state index >= 15 is 0 Å². The lowest BCUT2D eigenvalue weighted by Gasteiger charge is -2.13. The molecule has 0 radical (unpaired) electrons. The van der Waals surface area contributed by atoms with E-state index in [0.717, 1.165) is 35.3 Å². The van der Waals surface area contributed by atoms with Crippen LogP contribution < -0.4 is 11.1 Å². The zero-order valence-corrected chi connectivity index (χ0v) is 18.4. The fourth-order valence-electron chi connectivity index (χ4n) is 3.13. The number of aromatic nitrogens is 5. The molecule has 0 saturated carbocycles. The first-order valence-electron chi connectivity index (χ1n) is 9.78. The number of hydrogen-bond acceptors (Lipinski definition) is 6. The molecule has 0 saturated heterocycles. The van der Waals surface area contributed by atoms with Gasteiger partial charge in [-0.3, -0.25) is 0 Å². The zero-order valence-electron chi connectivity index (χ0n) is 16.9. The third kappa shape index (κ3) is 4.95. The molecule has 4 rings (SSSR count). The second kappa shape index (κ2) is 9.32. The average Bonchev–Trinajstić information content (AvgIpc) is 3.28. The van der Waals surface area contributed by atoms with Gasteiger partial charge in [0.25, 0.3) is 0 Å². The van der Waals surface area contributed by atoms with Crippen LogP contribution in [-0.2, 0) is 6.42 Å². The second-order valence-corrected chi connectivity index (χ2v) is 7.90. The number of nitrogens with one attached hydrogen (secondary N) is 1. The van der Waals surface area contributed by atoms with Gasteiger partial charge in [-0.15, -0.1) is 0 Å². The zero-order chi connectivity index (χ0) is 21.8. The van der Waals surface area contributed by atoms with E-state index in [1.54, 1.807) is 30.9 Å². The summed E-state index contributed by atoms with van der Waals surface area (Å²) in [5, 5.41) is 4.36. The second-order valence-electron chi connectivity index (χ2n) is 7.06. The van der Waals surface area contributed by atoms with Gasteiger partial charge in [0.15, 0.2) is 0 Å². The van der Waals surface area contributed by atoms with Crippen LogP contribution in [-0.4, -0.2) is 31.0 Å². The Morgan fingerprint density at radius 3 is 2.74 bits per heavy atom. The number of hydrogen-bond donors (Lipinski definition) is 2. The van der Waals surface area contributed by atoms with Crippen molar-refractivity contribution in [1.29, 1.82) is 0 Å². The quantitative estimate of drug-likeness (QED) is 0.383. The first-order valence-corrected chi connectivity index (χ1v) is 10.5. The monoisotopic (exact) mass is 453 g/mol. The Balaban J connectivity index is 1.53. The van der Waals surface area contributed by atoms with E-state index in [1.807, 2.05) is 35.9 Å². The molecule has 0 aliphatic carbocycles. The molecular formula is C22H21Cl2N7. The molecule has 0 fully saturated rings. The van der Waals surface area contributed by atoms with E-state index in [9.17, 15) is 0 Å². The Morgan fingerprint density at radius 1 is 1.13 bits per heavy atom. The van der Waals surface area contributed by atoms with Gasteiger partial charge < -0.3 is 15.6 Å². The largest absolute Gasteiger partial charge is 0.383 e. The lowest BCUT2D eigenvalue weighted by Crippen LogP contribution is -2.09. The van der Waals surface area contributed by atoms with Gasteiger partial charge in [0.1, 0.15) is 11.5 Å². The number of pyridine rings is 1. The highest BCUT2D eigenvalue weighted by molar-refractivity contribution is 6.36. The van der Waals surface area contributed by atoms with Crippen LogP contribution in [0.25, 0.3) is 16.9 Å². The van der Waals surface area contributed by atoms with Crippen LogP contribution in [0.2, 0.25) is 10.0 Å². The van der Waals surface area contributed by atoms with Crippen molar-refractivity contribution in [3.05, 3.63) is 76.6 Å². The molecular weight excluding hydrogens is 433 g/mol. The van der Waals surface area contributed by atoms with E-state index in [2.05, 4.69) is 20.3 Å². The van der Waals surface area contributed by atoms with Gasteiger partial charge in [-0.2, -0.15) is 0 Å². The summed E-state index contributed by atoms with van der Waals surface area (Å²) >= 11 is 12.5. The molecule has 0 atom stereocenters. The van der Waals surface area contributed by atoms with Crippen molar-refractivity contribution in [2.24, 2.45) is 0 Å². The molecule has 0 spiro atoms. The van der Waals surface area contributed by atoms with Crippen LogP contribution in [0.4, 0.5) is 11.8 Å². The molecule has 0 amide bonds. The summed E-state index contributed by atoms with van der Waals surface area (Å²) in [5.41, 5.74) is 10.1. The summed E-state index contributed by atoms with van der Waals surface area (Å²) < 4.78 is 1.84. The number of rotatable bonds is 7. The van der Waals surface area contributed by atoms with Crippen LogP contribution in [0, 0.1) is 6.92 Å². The highest BCUT2D eigenvalue weighted by atomic mass is 35.5.